The quantitative estimate of drug-likeness (QED) is 0.776. The van der Waals surface area contributed by atoms with E-state index in [9.17, 15) is 0 Å². The molecule has 3 rings (SSSR count). The minimum atomic E-state index is 0.751. The Kier molecular flexibility index (Phi) is 3.95. The van der Waals surface area contributed by atoms with Gasteiger partial charge >= 0.3 is 0 Å². The fourth-order valence-corrected chi connectivity index (χ4v) is 2.88. The maximum Gasteiger partial charge on any atom is 0.117 e. The Bertz CT molecular complexity index is 673. The first-order valence-electron chi connectivity index (χ1n) is 6.57. The van der Waals surface area contributed by atoms with Gasteiger partial charge in [-0.2, -0.15) is 0 Å². The predicted octanol–water partition coefficient (Wildman–Crippen LogP) is 3.71. The van der Waals surface area contributed by atoms with Gasteiger partial charge in [0.2, 0.25) is 0 Å². The number of furan rings is 1. The first kappa shape index (κ1) is 13.1. The molecule has 0 unspecified atom stereocenters. The molecule has 0 aliphatic carbocycles. The Morgan fingerprint density at radius 2 is 1.90 bits per heavy atom. The van der Waals surface area contributed by atoms with E-state index in [0.717, 1.165) is 40.8 Å². The zero-order valence-electron chi connectivity index (χ0n) is 11.3. The summed E-state index contributed by atoms with van der Waals surface area (Å²) in [6.07, 6.45) is 0.751. The number of benzene rings is 1. The van der Waals surface area contributed by atoms with Crippen molar-refractivity contribution >= 4 is 11.3 Å². The van der Waals surface area contributed by atoms with Crippen LogP contribution in [0.1, 0.15) is 16.5 Å². The van der Waals surface area contributed by atoms with E-state index in [2.05, 4.69) is 27.8 Å². The second-order valence-corrected chi connectivity index (χ2v) is 5.51. The van der Waals surface area contributed by atoms with Gasteiger partial charge in [-0.1, -0.05) is 30.3 Å². The number of rotatable bonds is 5. The number of hydrogen-bond acceptors (Lipinski definition) is 4. The highest BCUT2D eigenvalue weighted by Gasteiger charge is 2.08. The fourth-order valence-electron chi connectivity index (χ4n) is 2.07. The van der Waals surface area contributed by atoms with Gasteiger partial charge in [-0.25, -0.2) is 4.98 Å². The second kappa shape index (κ2) is 6.03. The monoisotopic (exact) mass is 284 g/mol. The van der Waals surface area contributed by atoms with Crippen LogP contribution in [0.3, 0.4) is 0 Å². The van der Waals surface area contributed by atoms with Crippen molar-refractivity contribution in [3.05, 3.63) is 64.4 Å². The van der Waals surface area contributed by atoms with Crippen LogP contribution >= 0.6 is 11.3 Å². The van der Waals surface area contributed by atoms with E-state index in [4.69, 9.17) is 4.42 Å². The molecular formula is C16H16N2OS. The molecule has 2 aromatic heterocycles. The molecule has 0 bridgehead atoms. The van der Waals surface area contributed by atoms with Gasteiger partial charge in [0, 0.05) is 10.9 Å². The molecule has 0 aliphatic rings. The molecule has 1 aromatic carbocycles. The summed E-state index contributed by atoms with van der Waals surface area (Å²) in [5, 5.41) is 6.26. The summed E-state index contributed by atoms with van der Waals surface area (Å²) in [6.45, 7) is 0.757. The lowest BCUT2D eigenvalue weighted by Gasteiger charge is -1.96. The maximum absolute atomic E-state index is 5.75. The zero-order valence-corrected chi connectivity index (χ0v) is 12.1. The molecule has 0 saturated heterocycles. The van der Waals surface area contributed by atoms with E-state index in [1.165, 1.54) is 0 Å². The summed E-state index contributed by atoms with van der Waals surface area (Å²) < 4.78 is 5.75. The Morgan fingerprint density at radius 3 is 2.70 bits per heavy atom. The number of thiazole rings is 1. The lowest BCUT2D eigenvalue weighted by molar-refractivity contribution is 0.462. The predicted molar refractivity (Wildman–Crippen MR) is 81.8 cm³/mol. The molecule has 0 aliphatic heterocycles. The molecule has 102 valence electrons. The van der Waals surface area contributed by atoms with Gasteiger partial charge in [0.05, 0.1) is 18.7 Å². The van der Waals surface area contributed by atoms with Gasteiger partial charge in [-0.15, -0.1) is 11.3 Å². The van der Waals surface area contributed by atoms with Gasteiger partial charge in [-0.3, -0.25) is 0 Å². The van der Waals surface area contributed by atoms with Crippen LogP contribution in [-0.2, 0) is 13.0 Å². The molecule has 3 aromatic rings. The van der Waals surface area contributed by atoms with Gasteiger partial charge in [-0.05, 0) is 19.2 Å². The van der Waals surface area contributed by atoms with Gasteiger partial charge in [0.1, 0.15) is 16.5 Å². The molecule has 2 heterocycles. The van der Waals surface area contributed by atoms with Gasteiger partial charge in [0.15, 0.2) is 0 Å². The summed E-state index contributed by atoms with van der Waals surface area (Å²) in [7, 11) is 1.91. The highest BCUT2D eigenvalue weighted by Crippen LogP contribution is 2.23. The summed E-state index contributed by atoms with van der Waals surface area (Å²) in [5.41, 5.74) is 2.19. The normalized spacial score (nSPS) is 10.8. The van der Waals surface area contributed by atoms with Gasteiger partial charge in [0.25, 0.3) is 0 Å². The molecule has 4 heteroatoms. The van der Waals surface area contributed by atoms with E-state index < -0.39 is 0 Å². The zero-order chi connectivity index (χ0) is 13.8. The van der Waals surface area contributed by atoms with Crippen LogP contribution in [0.15, 0.2) is 52.3 Å². The minimum Gasteiger partial charge on any atom is -0.464 e. The van der Waals surface area contributed by atoms with E-state index in [0.29, 0.717) is 0 Å². The van der Waals surface area contributed by atoms with Crippen molar-refractivity contribution in [1.29, 1.82) is 0 Å². The van der Waals surface area contributed by atoms with E-state index >= 15 is 0 Å². The molecule has 0 spiro atoms. The highest BCUT2D eigenvalue weighted by molar-refractivity contribution is 7.10. The summed E-state index contributed by atoms with van der Waals surface area (Å²) in [4.78, 5) is 4.67. The van der Waals surface area contributed by atoms with Crippen molar-refractivity contribution in [2.45, 2.75) is 13.0 Å². The van der Waals surface area contributed by atoms with Crippen molar-refractivity contribution in [3.63, 3.8) is 0 Å². The first-order chi connectivity index (χ1) is 9.85. The molecule has 0 saturated carbocycles. The van der Waals surface area contributed by atoms with Crippen LogP contribution < -0.4 is 5.32 Å². The highest BCUT2D eigenvalue weighted by atomic mass is 32.1. The van der Waals surface area contributed by atoms with Crippen molar-refractivity contribution < 1.29 is 4.42 Å². The molecule has 20 heavy (non-hydrogen) atoms. The van der Waals surface area contributed by atoms with Crippen molar-refractivity contribution in [2.24, 2.45) is 0 Å². The van der Waals surface area contributed by atoms with Crippen molar-refractivity contribution in [3.8, 4) is 11.3 Å². The van der Waals surface area contributed by atoms with Crippen LogP contribution in [0.4, 0.5) is 0 Å². The average molecular weight is 284 g/mol. The number of nitrogens with one attached hydrogen (secondary N) is 1. The molecule has 0 fully saturated rings. The molecular weight excluding hydrogens is 268 g/mol. The molecule has 0 atom stereocenters. The van der Waals surface area contributed by atoms with E-state index in [-0.39, 0.29) is 0 Å². The number of aromatic nitrogens is 1. The smallest absolute Gasteiger partial charge is 0.117 e. The third-order valence-electron chi connectivity index (χ3n) is 3.02. The fraction of sp³-hybridized carbons (Fsp3) is 0.188. The Balaban J connectivity index is 1.73. The second-order valence-electron chi connectivity index (χ2n) is 4.57. The Hall–Kier alpha value is -1.91. The first-order valence-corrected chi connectivity index (χ1v) is 7.45. The summed E-state index contributed by atoms with van der Waals surface area (Å²) in [6, 6.07) is 14.3. The average Bonchev–Trinajstić information content (AvgIpc) is 3.11. The SMILES string of the molecule is CNCc1ccc(Cc2nc(-c3ccccc3)cs2)o1. The molecule has 0 amide bonds. The topological polar surface area (TPSA) is 38.1 Å². The lowest BCUT2D eigenvalue weighted by Crippen LogP contribution is -2.03. The number of nitrogens with zero attached hydrogens (tertiary/aromatic N) is 1. The van der Waals surface area contributed by atoms with Crippen LogP contribution in [-0.4, -0.2) is 12.0 Å². The molecule has 3 nitrogen and oxygen atoms in total. The third-order valence-corrected chi connectivity index (χ3v) is 3.86. The standard InChI is InChI=1S/C16H16N2OS/c1-17-10-14-8-7-13(19-14)9-16-18-15(11-20-16)12-5-3-2-4-6-12/h2-8,11,17H,9-10H2,1H3. The Labute approximate surface area is 122 Å². The summed E-state index contributed by atoms with van der Waals surface area (Å²) >= 11 is 1.68. The number of hydrogen-bond donors (Lipinski definition) is 1. The van der Waals surface area contributed by atoms with Crippen molar-refractivity contribution in [1.82, 2.24) is 10.3 Å². The Morgan fingerprint density at radius 1 is 1.10 bits per heavy atom. The van der Waals surface area contributed by atoms with Crippen molar-refractivity contribution in [2.75, 3.05) is 7.05 Å². The lowest BCUT2D eigenvalue weighted by atomic mass is 10.2. The van der Waals surface area contributed by atoms with Gasteiger partial charge < -0.3 is 9.73 Å². The molecule has 0 radical (unpaired) electrons. The van der Waals surface area contributed by atoms with Crippen LogP contribution in [0, 0.1) is 0 Å². The molecule has 1 N–H and O–H groups in total. The summed E-state index contributed by atoms with van der Waals surface area (Å²) in [5.74, 6) is 1.92. The largest absolute Gasteiger partial charge is 0.464 e. The minimum absolute atomic E-state index is 0.751. The van der Waals surface area contributed by atoms with Crippen LogP contribution in [0.2, 0.25) is 0 Å². The maximum atomic E-state index is 5.75. The van der Waals surface area contributed by atoms with Crippen LogP contribution in [0.5, 0.6) is 0 Å². The third kappa shape index (κ3) is 2.98. The van der Waals surface area contributed by atoms with Crippen LogP contribution in [0.25, 0.3) is 11.3 Å². The van der Waals surface area contributed by atoms with E-state index in [1.807, 2.05) is 37.4 Å². The van der Waals surface area contributed by atoms with E-state index in [1.54, 1.807) is 11.3 Å².